The van der Waals surface area contributed by atoms with Gasteiger partial charge < -0.3 is 10.5 Å². The molecule has 0 radical (unpaired) electrons. The Morgan fingerprint density at radius 3 is 2.61 bits per heavy atom. The van der Waals surface area contributed by atoms with Crippen molar-refractivity contribution in [1.29, 1.82) is 0 Å². The Morgan fingerprint density at radius 2 is 2.06 bits per heavy atom. The summed E-state index contributed by atoms with van der Waals surface area (Å²) in [5, 5.41) is 0. The first-order chi connectivity index (χ1) is 8.40. The van der Waals surface area contributed by atoms with Gasteiger partial charge in [0.1, 0.15) is 6.61 Å². The predicted molar refractivity (Wildman–Crippen MR) is 64.3 cm³/mol. The Hall–Kier alpha value is -1.07. The summed E-state index contributed by atoms with van der Waals surface area (Å²) >= 11 is 0. The first-order valence-electron chi connectivity index (χ1n) is 5.81. The van der Waals surface area contributed by atoms with Crippen LogP contribution >= 0.6 is 0 Å². The number of hydrogen-bond acceptors (Lipinski definition) is 2. The number of ether oxygens (including phenoxy) is 1. The molecule has 1 atom stereocenters. The second kappa shape index (κ2) is 6.75. The zero-order valence-electron chi connectivity index (χ0n) is 10.3. The van der Waals surface area contributed by atoms with Crippen molar-refractivity contribution in [3.05, 3.63) is 35.4 Å². The van der Waals surface area contributed by atoms with Crippen LogP contribution in [0.15, 0.2) is 24.3 Å². The van der Waals surface area contributed by atoms with Crippen LogP contribution in [0.5, 0.6) is 0 Å². The van der Waals surface area contributed by atoms with Crippen LogP contribution in [0.2, 0.25) is 0 Å². The molecule has 0 saturated heterocycles. The fourth-order valence-electron chi connectivity index (χ4n) is 1.72. The zero-order valence-corrected chi connectivity index (χ0v) is 10.3. The number of benzene rings is 1. The van der Waals surface area contributed by atoms with Crippen molar-refractivity contribution < 1.29 is 17.9 Å². The van der Waals surface area contributed by atoms with E-state index >= 15 is 0 Å². The highest BCUT2D eigenvalue weighted by atomic mass is 19.4. The highest BCUT2D eigenvalue weighted by molar-refractivity contribution is 5.22. The molecule has 0 heterocycles. The molecule has 0 amide bonds. The highest BCUT2D eigenvalue weighted by Gasteiger charge is 2.27. The van der Waals surface area contributed by atoms with Crippen LogP contribution in [-0.4, -0.2) is 25.9 Å². The number of nitrogens with two attached hydrogens (primary N) is 1. The molecule has 0 aliphatic carbocycles. The number of rotatable bonds is 6. The van der Waals surface area contributed by atoms with Crippen LogP contribution in [0.4, 0.5) is 13.2 Å². The fraction of sp³-hybridized carbons (Fsp3) is 0.538. The molecular formula is C13H18F3NO. The standard InChI is InChI=1S/C13H18F3NO/c1-10-3-2-4-11(5-10)6-12(7-17)8-18-9-13(14,15)16/h2-5,12H,6-9,17H2,1H3. The third-order valence-electron chi connectivity index (χ3n) is 2.56. The topological polar surface area (TPSA) is 35.2 Å². The molecule has 1 rings (SSSR count). The molecule has 0 aromatic heterocycles. The van der Waals surface area contributed by atoms with E-state index in [9.17, 15) is 13.2 Å². The van der Waals surface area contributed by atoms with E-state index in [1.807, 2.05) is 31.2 Å². The summed E-state index contributed by atoms with van der Waals surface area (Å²) in [4.78, 5) is 0. The Morgan fingerprint density at radius 1 is 1.33 bits per heavy atom. The Labute approximate surface area is 105 Å². The summed E-state index contributed by atoms with van der Waals surface area (Å²) in [7, 11) is 0. The van der Waals surface area contributed by atoms with Gasteiger partial charge in [-0.25, -0.2) is 0 Å². The molecule has 1 unspecified atom stereocenters. The second-order valence-electron chi connectivity index (χ2n) is 4.43. The van der Waals surface area contributed by atoms with Crippen LogP contribution < -0.4 is 5.73 Å². The van der Waals surface area contributed by atoms with Gasteiger partial charge in [-0.15, -0.1) is 0 Å². The summed E-state index contributed by atoms with van der Waals surface area (Å²) in [5.41, 5.74) is 7.74. The molecular weight excluding hydrogens is 243 g/mol. The van der Waals surface area contributed by atoms with E-state index in [1.165, 1.54) is 0 Å². The van der Waals surface area contributed by atoms with Crippen LogP contribution in [0.3, 0.4) is 0 Å². The lowest BCUT2D eigenvalue weighted by Crippen LogP contribution is -2.26. The molecule has 1 aromatic carbocycles. The van der Waals surface area contributed by atoms with Gasteiger partial charge in [0.15, 0.2) is 0 Å². The smallest absolute Gasteiger partial charge is 0.372 e. The van der Waals surface area contributed by atoms with Gasteiger partial charge in [0.2, 0.25) is 0 Å². The lowest BCUT2D eigenvalue weighted by atomic mass is 9.99. The van der Waals surface area contributed by atoms with Crippen molar-refractivity contribution in [2.45, 2.75) is 19.5 Å². The van der Waals surface area contributed by atoms with Gasteiger partial charge in [0.05, 0.1) is 6.61 Å². The molecule has 0 bridgehead atoms. The van der Waals surface area contributed by atoms with Gasteiger partial charge in [0, 0.05) is 0 Å². The summed E-state index contributed by atoms with van der Waals surface area (Å²) in [6.45, 7) is 1.11. The van der Waals surface area contributed by atoms with Crippen molar-refractivity contribution >= 4 is 0 Å². The number of alkyl halides is 3. The minimum atomic E-state index is -4.28. The van der Waals surface area contributed by atoms with Crippen molar-refractivity contribution in [2.24, 2.45) is 11.7 Å². The average Bonchev–Trinajstić information content (AvgIpc) is 2.26. The lowest BCUT2D eigenvalue weighted by molar-refractivity contribution is -0.176. The predicted octanol–water partition coefficient (Wildman–Crippen LogP) is 2.69. The third-order valence-corrected chi connectivity index (χ3v) is 2.56. The van der Waals surface area contributed by atoms with Crippen molar-refractivity contribution in [1.82, 2.24) is 0 Å². The molecule has 0 aliphatic heterocycles. The van der Waals surface area contributed by atoms with Crippen LogP contribution in [-0.2, 0) is 11.2 Å². The maximum atomic E-state index is 11.9. The first kappa shape index (κ1) is 15.0. The van der Waals surface area contributed by atoms with Gasteiger partial charge in [-0.1, -0.05) is 29.8 Å². The number of halogens is 3. The van der Waals surface area contributed by atoms with Crippen molar-refractivity contribution in [3.63, 3.8) is 0 Å². The van der Waals surface area contributed by atoms with Gasteiger partial charge in [-0.3, -0.25) is 0 Å². The van der Waals surface area contributed by atoms with Gasteiger partial charge >= 0.3 is 6.18 Å². The molecule has 0 fully saturated rings. The molecule has 5 heteroatoms. The van der Waals surface area contributed by atoms with Gasteiger partial charge in [-0.05, 0) is 31.4 Å². The van der Waals surface area contributed by atoms with E-state index in [1.54, 1.807) is 0 Å². The first-order valence-corrected chi connectivity index (χ1v) is 5.81. The molecule has 0 spiro atoms. The molecule has 0 aliphatic rings. The minimum Gasteiger partial charge on any atom is -0.372 e. The molecule has 2 N–H and O–H groups in total. The lowest BCUT2D eigenvalue weighted by Gasteiger charge is -2.16. The van der Waals surface area contributed by atoms with E-state index in [0.29, 0.717) is 13.0 Å². The average molecular weight is 261 g/mol. The number of hydrogen-bond donors (Lipinski definition) is 1. The largest absolute Gasteiger partial charge is 0.411 e. The van der Waals surface area contributed by atoms with Gasteiger partial charge in [0.25, 0.3) is 0 Å². The fourth-order valence-corrected chi connectivity index (χ4v) is 1.72. The summed E-state index contributed by atoms with van der Waals surface area (Å²) in [6, 6.07) is 7.85. The molecule has 2 nitrogen and oxygen atoms in total. The van der Waals surface area contributed by atoms with E-state index in [-0.39, 0.29) is 12.5 Å². The third kappa shape index (κ3) is 6.02. The van der Waals surface area contributed by atoms with Gasteiger partial charge in [-0.2, -0.15) is 13.2 Å². The van der Waals surface area contributed by atoms with E-state index in [4.69, 9.17) is 5.73 Å². The van der Waals surface area contributed by atoms with Crippen LogP contribution in [0.25, 0.3) is 0 Å². The van der Waals surface area contributed by atoms with Crippen molar-refractivity contribution in [2.75, 3.05) is 19.8 Å². The maximum absolute atomic E-state index is 11.9. The minimum absolute atomic E-state index is 0.0317. The Balaban J connectivity index is 2.42. The van der Waals surface area contributed by atoms with E-state index in [0.717, 1.165) is 11.1 Å². The normalized spacial score (nSPS) is 13.6. The highest BCUT2D eigenvalue weighted by Crippen LogP contribution is 2.16. The van der Waals surface area contributed by atoms with E-state index < -0.39 is 12.8 Å². The molecule has 102 valence electrons. The van der Waals surface area contributed by atoms with E-state index in [2.05, 4.69) is 4.74 Å². The summed E-state index contributed by atoms with van der Waals surface area (Å²) < 4.78 is 40.4. The van der Waals surface area contributed by atoms with Crippen LogP contribution in [0.1, 0.15) is 11.1 Å². The summed E-state index contributed by atoms with van der Waals surface area (Å²) in [6.07, 6.45) is -3.64. The van der Waals surface area contributed by atoms with Crippen molar-refractivity contribution in [3.8, 4) is 0 Å². The van der Waals surface area contributed by atoms with Crippen LogP contribution in [0, 0.1) is 12.8 Å². The SMILES string of the molecule is Cc1cccc(CC(CN)COCC(F)(F)F)c1. The summed E-state index contributed by atoms with van der Waals surface area (Å²) in [5.74, 6) is -0.0888. The zero-order chi connectivity index (χ0) is 13.6. The number of aryl methyl sites for hydroxylation is 1. The monoisotopic (exact) mass is 261 g/mol. The molecule has 1 aromatic rings. The Kier molecular flexibility index (Phi) is 5.62. The molecule has 18 heavy (non-hydrogen) atoms. The quantitative estimate of drug-likeness (QED) is 0.854. The maximum Gasteiger partial charge on any atom is 0.411 e. The Bertz CT molecular complexity index is 365. The second-order valence-corrected chi connectivity index (χ2v) is 4.43. The molecule has 0 saturated carbocycles.